The molecule has 0 bridgehead atoms. The Morgan fingerprint density at radius 2 is 2.16 bits per heavy atom. The molecule has 19 heavy (non-hydrogen) atoms. The lowest BCUT2D eigenvalue weighted by atomic mass is 10.1. The smallest absolute Gasteiger partial charge is 0.233 e. The number of rotatable bonds is 7. The van der Waals surface area contributed by atoms with Crippen molar-refractivity contribution in [3.63, 3.8) is 0 Å². The van der Waals surface area contributed by atoms with Crippen molar-refractivity contribution in [2.24, 2.45) is 0 Å². The van der Waals surface area contributed by atoms with Gasteiger partial charge in [0.15, 0.2) is 0 Å². The first kappa shape index (κ1) is 15.5. The molecule has 2 N–H and O–H groups in total. The fraction of sp³-hybridized carbons (Fsp3) is 0.500. The van der Waals surface area contributed by atoms with Gasteiger partial charge < -0.3 is 20.3 Å². The molecule has 1 aromatic rings. The van der Waals surface area contributed by atoms with Crippen LogP contribution in [-0.2, 0) is 4.79 Å². The van der Waals surface area contributed by atoms with E-state index in [1.807, 2.05) is 32.3 Å². The summed E-state index contributed by atoms with van der Waals surface area (Å²) >= 11 is 0. The van der Waals surface area contributed by atoms with Crippen molar-refractivity contribution in [3.05, 3.63) is 29.8 Å². The third-order valence-corrected chi connectivity index (χ3v) is 3.00. The van der Waals surface area contributed by atoms with Crippen LogP contribution >= 0.6 is 0 Å². The van der Waals surface area contributed by atoms with Crippen molar-refractivity contribution >= 4 is 5.91 Å². The van der Waals surface area contributed by atoms with Gasteiger partial charge >= 0.3 is 0 Å². The van der Waals surface area contributed by atoms with Gasteiger partial charge in [0.2, 0.25) is 5.91 Å². The number of methoxy groups -OCH3 is 1. The average Bonchev–Trinajstić information content (AvgIpc) is 2.42. The molecule has 1 unspecified atom stereocenters. The number of hydrogen-bond acceptors (Lipinski definition) is 4. The van der Waals surface area contributed by atoms with Crippen LogP contribution in [0.1, 0.15) is 11.6 Å². The molecule has 1 rings (SSSR count). The number of carbonyl (C=O) groups is 1. The molecule has 106 valence electrons. The molecule has 1 atom stereocenters. The van der Waals surface area contributed by atoms with Gasteiger partial charge in [-0.15, -0.1) is 0 Å². The molecule has 1 amide bonds. The lowest BCUT2D eigenvalue weighted by Gasteiger charge is -2.25. The summed E-state index contributed by atoms with van der Waals surface area (Å²) in [4.78, 5) is 13.3. The highest BCUT2D eigenvalue weighted by molar-refractivity contribution is 5.77. The monoisotopic (exact) mass is 265 g/mol. The third kappa shape index (κ3) is 4.89. The van der Waals surface area contributed by atoms with E-state index in [0.717, 1.165) is 11.3 Å². The number of likely N-dealkylation sites (N-methyl/N-ethyl adjacent to an activating group) is 2. The first-order chi connectivity index (χ1) is 9.08. The predicted molar refractivity (Wildman–Crippen MR) is 76.4 cm³/mol. The predicted octanol–water partition coefficient (Wildman–Crippen LogP) is 0.634. The van der Waals surface area contributed by atoms with Gasteiger partial charge in [-0.2, -0.15) is 0 Å². The van der Waals surface area contributed by atoms with Crippen molar-refractivity contribution in [1.82, 2.24) is 15.5 Å². The largest absolute Gasteiger partial charge is 0.497 e. The topological polar surface area (TPSA) is 53.6 Å². The molecule has 5 nitrogen and oxygen atoms in total. The Labute approximate surface area is 114 Å². The maximum atomic E-state index is 11.2. The highest BCUT2D eigenvalue weighted by atomic mass is 16.5. The molecular formula is C14H23N3O2. The highest BCUT2D eigenvalue weighted by Gasteiger charge is 2.14. The van der Waals surface area contributed by atoms with E-state index in [1.54, 1.807) is 14.2 Å². The van der Waals surface area contributed by atoms with Gasteiger partial charge in [-0.3, -0.25) is 4.79 Å². The average molecular weight is 265 g/mol. The van der Waals surface area contributed by atoms with Crippen molar-refractivity contribution < 1.29 is 9.53 Å². The second kappa shape index (κ2) is 7.76. The quantitative estimate of drug-likeness (QED) is 0.759. The third-order valence-electron chi connectivity index (χ3n) is 3.00. The SMILES string of the molecule is CNC(=O)CNCC(c1cccc(OC)c1)N(C)C. The zero-order valence-corrected chi connectivity index (χ0v) is 12.1. The van der Waals surface area contributed by atoms with Gasteiger partial charge in [0.25, 0.3) is 0 Å². The second-order valence-corrected chi connectivity index (χ2v) is 4.56. The number of benzene rings is 1. The molecule has 0 aliphatic carbocycles. The Bertz CT molecular complexity index is 407. The molecule has 0 saturated heterocycles. The molecule has 0 spiro atoms. The molecular weight excluding hydrogens is 242 g/mol. The van der Waals surface area contributed by atoms with Gasteiger partial charge in [0.1, 0.15) is 5.75 Å². The Kier molecular flexibility index (Phi) is 6.32. The van der Waals surface area contributed by atoms with Crippen molar-refractivity contribution in [1.29, 1.82) is 0 Å². The summed E-state index contributed by atoms with van der Waals surface area (Å²) in [7, 11) is 7.33. The van der Waals surface area contributed by atoms with E-state index < -0.39 is 0 Å². The number of amides is 1. The van der Waals surface area contributed by atoms with Crippen LogP contribution in [0.4, 0.5) is 0 Å². The molecule has 0 aliphatic heterocycles. The standard InChI is InChI=1S/C14H23N3O2/c1-15-14(18)10-16-9-13(17(2)3)11-6-5-7-12(8-11)19-4/h5-8,13,16H,9-10H2,1-4H3,(H,15,18). The van der Waals surface area contributed by atoms with Crippen molar-refractivity contribution in [2.45, 2.75) is 6.04 Å². The molecule has 0 heterocycles. The van der Waals surface area contributed by atoms with Crippen LogP contribution in [0.3, 0.4) is 0 Å². The maximum Gasteiger partial charge on any atom is 0.233 e. The number of hydrogen-bond donors (Lipinski definition) is 2. The molecule has 0 fully saturated rings. The van der Waals surface area contributed by atoms with Crippen LogP contribution in [0.2, 0.25) is 0 Å². The first-order valence-electron chi connectivity index (χ1n) is 6.30. The minimum atomic E-state index is -0.0110. The lowest BCUT2D eigenvalue weighted by molar-refractivity contribution is -0.119. The first-order valence-corrected chi connectivity index (χ1v) is 6.30. The van der Waals surface area contributed by atoms with E-state index in [9.17, 15) is 4.79 Å². The minimum Gasteiger partial charge on any atom is -0.497 e. The van der Waals surface area contributed by atoms with E-state index in [-0.39, 0.29) is 11.9 Å². The van der Waals surface area contributed by atoms with Gasteiger partial charge in [-0.1, -0.05) is 12.1 Å². The minimum absolute atomic E-state index is 0.0110. The van der Waals surface area contributed by atoms with Crippen LogP contribution in [0.15, 0.2) is 24.3 Å². The Balaban J connectivity index is 2.68. The Morgan fingerprint density at radius 3 is 2.74 bits per heavy atom. The normalized spacial score (nSPS) is 12.3. The zero-order valence-electron chi connectivity index (χ0n) is 12.1. The van der Waals surface area contributed by atoms with Crippen molar-refractivity contribution in [3.8, 4) is 5.75 Å². The summed E-state index contributed by atoms with van der Waals surface area (Å²) in [6, 6.07) is 8.18. The number of ether oxygens (including phenoxy) is 1. The lowest BCUT2D eigenvalue weighted by Crippen LogP contribution is -2.37. The van der Waals surface area contributed by atoms with Gasteiger partial charge in [0, 0.05) is 19.6 Å². The van der Waals surface area contributed by atoms with E-state index in [2.05, 4.69) is 21.6 Å². The molecule has 0 radical (unpaired) electrons. The Hall–Kier alpha value is -1.59. The summed E-state index contributed by atoms with van der Waals surface area (Å²) in [5.74, 6) is 0.832. The summed E-state index contributed by atoms with van der Waals surface area (Å²) in [5.41, 5.74) is 1.16. The summed E-state index contributed by atoms with van der Waals surface area (Å²) in [5, 5.41) is 5.75. The fourth-order valence-electron chi connectivity index (χ4n) is 1.86. The molecule has 0 aromatic heterocycles. The van der Waals surface area contributed by atoms with Gasteiger partial charge in [-0.25, -0.2) is 0 Å². The zero-order chi connectivity index (χ0) is 14.3. The van der Waals surface area contributed by atoms with Crippen LogP contribution in [0.25, 0.3) is 0 Å². The van der Waals surface area contributed by atoms with Gasteiger partial charge in [0.05, 0.1) is 13.7 Å². The van der Waals surface area contributed by atoms with E-state index in [0.29, 0.717) is 13.1 Å². The molecule has 0 aliphatic rings. The number of nitrogens with one attached hydrogen (secondary N) is 2. The van der Waals surface area contributed by atoms with Crippen LogP contribution in [0.5, 0.6) is 5.75 Å². The highest BCUT2D eigenvalue weighted by Crippen LogP contribution is 2.21. The molecule has 1 aromatic carbocycles. The second-order valence-electron chi connectivity index (χ2n) is 4.56. The van der Waals surface area contributed by atoms with Crippen LogP contribution in [-0.4, -0.2) is 52.1 Å². The van der Waals surface area contributed by atoms with Crippen LogP contribution < -0.4 is 15.4 Å². The van der Waals surface area contributed by atoms with Gasteiger partial charge in [-0.05, 0) is 31.8 Å². The molecule has 0 saturated carbocycles. The summed E-state index contributed by atoms with van der Waals surface area (Å²) in [6.45, 7) is 1.03. The number of carbonyl (C=O) groups excluding carboxylic acids is 1. The maximum absolute atomic E-state index is 11.2. The Morgan fingerprint density at radius 1 is 1.42 bits per heavy atom. The molecule has 5 heteroatoms. The van der Waals surface area contributed by atoms with Crippen molar-refractivity contribution in [2.75, 3.05) is 41.3 Å². The number of nitrogens with zero attached hydrogens (tertiary/aromatic N) is 1. The fourth-order valence-corrected chi connectivity index (χ4v) is 1.86. The summed E-state index contributed by atoms with van der Waals surface area (Å²) < 4.78 is 5.24. The van der Waals surface area contributed by atoms with E-state index >= 15 is 0 Å². The van der Waals surface area contributed by atoms with E-state index in [1.165, 1.54) is 0 Å². The van der Waals surface area contributed by atoms with Crippen LogP contribution in [0, 0.1) is 0 Å². The summed E-state index contributed by atoms with van der Waals surface area (Å²) in [6.07, 6.45) is 0. The van der Waals surface area contributed by atoms with E-state index in [4.69, 9.17) is 4.74 Å².